The lowest BCUT2D eigenvalue weighted by molar-refractivity contribution is -0.109. The molecule has 0 aliphatic heterocycles. The van der Waals surface area contributed by atoms with Gasteiger partial charge in [0.25, 0.3) is 0 Å². The highest BCUT2D eigenvalue weighted by Gasteiger charge is 1.90. The molecule has 5 heteroatoms. The van der Waals surface area contributed by atoms with Crippen LogP contribution < -0.4 is 10.9 Å². The molecule has 0 radical (unpaired) electrons. The monoisotopic (exact) mass is 215 g/mol. The number of anilines is 1. The number of hydrazine groups is 1. The van der Waals surface area contributed by atoms with Crippen LogP contribution >= 0.6 is 15.9 Å². The first-order valence-corrected chi connectivity index (χ1v) is 3.70. The minimum absolute atomic E-state index is 0.544. The zero-order valence-electron chi connectivity index (χ0n) is 5.54. The van der Waals surface area contributed by atoms with Gasteiger partial charge in [-0.2, -0.15) is 0 Å². The summed E-state index contributed by atoms with van der Waals surface area (Å²) in [4.78, 5) is 13.8. The van der Waals surface area contributed by atoms with E-state index in [-0.39, 0.29) is 0 Å². The number of carbonyl (C=O) groups excluding carboxylic acids is 1. The summed E-state index contributed by atoms with van der Waals surface area (Å²) in [5, 5.41) is 0. The van der Waals surface area contributed by atoms with Gasteiger partial charge in [0, 0.05) is 0 Å². The molecule has 2 N–H and O–H groups in total. The molecule has 0 spiro atoms. The van der Waals surface area contributed by atoms with Crippen LogP contribution in [0.25, 0.3) is 0 Å². The molecule has 0 saturated heterocycles. The van der Waals surface area contributed by atoms with Gasteiger partial charge in [-0.1, -0.05) is 6.07 Å². The van der Waals surface area contributed by atoms with Crippen molar-refractivity contribution in [3.8, 4) is 0 Å². The molecule has 0 bridgehead atoms. The van der Waals surface area contributed by atoms with Gasteiger partial charge in [-0.25, -0.2) is 4.98 Å². The topological polar surface area (TPSA) is 54.0 Å². The average molecular weight is 216 g/mol. The standard InChI is InChI=1S/C6H6BrN3O/c7-5-2-1-3-6(9-5)10-8-4-11/h1-4H,(H,8,11)(H,9,10). The minimum atomic E-state index is 0.544. The van der Waals surface area contributed by atoms with E-state index >= 15 is 0 Å². The fourth-order valence-electron chi connectivity index (χ4n) is 0.581. The number of carbonyl (C=O) groups is 1. The molecular weight excluding hydrogens is 210 g/mol. The summed E-state index contributed by atoms with van der Waals surface area (Å²) in [6, 6.07) is 5.35. The molecule has 1 aromatic heterocycles. The Balaban J connectivity index is 2.63. The van der Waals surface area contributed by atoms with E-state index in [9.17, 15) is 4.79 Å². The number of rotatable bonds is 3. The van der Waals surface area contributed by atoms with Crippen LogP contribution in [0.1, 0.15) is 0 Å². The van der Waals surface area contributed by atoms with Crippen LogP contribution in [0.2, 0.25) is 0 Å². The van der Waals surface area contributed by atoms with Gasteiger partial charge in [-0.15, -0.1) is 0 Å². The Hall–Kier alpha value is -1.10. The van der Waals surface area contributed by atoms with Crippen molar-refractivity contribution in [2.24, 2.45) is 0 Å². The van der Waals surface area contributed by atoms with E-state index in [0.717, 1.165) is 4.60 Å². The number of halogens is 1. The Labute approximate surface area is 72.1 Å². The molecule has 58 valence electrons. The van der Waals surface area contributed by atoms with E-state index in [4.69, 9.17) is 0 Å². The molecule has 1 rings (SSSR count). The first-order valence-electron chi connectivity index (χ1n) is 2.90. The van der Waals surface area contributed by atoms with Gasteiger partial charge in [0.15, 0.2) is 0 Å². The van der Waals surface area contributed by atoms with Crippen molar-refractivity contribution >= 4 is 28.2 Å². The van der Waals surface area contributed by atoms with Crippen LogP contribution in [-0.4, -0.2) is 11.4 Å². The largest absolute Gasteiger partial charge is 0.282 e. The van der Waals surface area contributed by atoms with E-state index in [1.807, 2.05) is 6.07 Å². The van der Waals surface area contributed by atoms with Crippen LogP contribution in [0.4, 0.5) is 5.82 Å². The normalized spacial score (nSPS) is 8.82. The first kappa shape index (κ1) is 8.00. The Kier molecular flexibility index (Phi) is 2.85. The Morgan fingerprint density at radius 3 is 3.00 bits per heavy atom. The average Bonchev–Trinajstić information content (AvgIpc) is 2.01. The molecule has 0 aliphatic rings. The molecule has 1 heterocycles. The van der Waals surface area contributed by atoms with Gasteiger partial charge in [0.1, 0.15) is 10.4 Å². The quantitative estimate of drug-likeness (QED) is 0.448. The molecular formula is C6H6BrN3O. The maximum atomic E-state index is 9.85. The van der Waals surface area contributed by atoms with Gasteiger partial charge in [0.05, 0.1) is 0 Å². The second-order valence-electron chi connectivity index (χ2n) is 1.73. The van der Waals surface area contributed by atoms with Crippen LogP contribution in [0.3, 0.4) is 0 Å². The molecule has 4 nitrogen and oxygen atoms in total. The molecule has 0 saturated carbocycles. The van der Waals surface area contributed by atoms with Gasteiger partial charge in [-0.05, 0) is 28.1 Å². The predicted octanol–water partition coefficient (Wildman–Crippen LogP) is 0.917. The van der Waals surface area contributed by atoms with Gasteiger partial charge >= 0.3 is 0 Å². The molecule has 0 aliphatic carbocycles. The van der Waals surface area contributed by atoms with Gasteiger partial charge in [0.2, 0.25) is 6.41 Å². The Morgan fingerprint density at radius 2 is 2.36 bits per heavy atom. The maximum Gasteiger partial charge on any atom is 0.225 e. The molecule has 0 unspecified atom stereocenters. The third kappa shape index (κ3) is 2.55. The van der Waals surface area contributed by atoms with Crippen LogP contribution in [0, 0.1) is 0 Å². The van der Waals surface area contributed by atoms with Gasteiger partial charge in [-0.3, -0.25) is 15.6 Å². The van der Waals surface area contributed by atoms with E-state index in [1.54, 1.807) is 12.1 Å². The zero-order valence-corrected chi connectivity index (χ0v) is 7.13. The summed E-state index contributed by atoms with van der Waals surface area (Å²) >= 11 is 3.19. The van der Waals surface area contributed by atoms with Crippen molar-refractivity contribution in [1.82, 2.24) is 10.4 Å². The van der Waals surface area contributed by atoms with E-state index in [2.05, 4.69) is 31.8 Å². The maximum absolute atomic E-state index is 9.85. The molecule has 11 heavy (non-hydrogen) atoms. The Bertz CT molecular complexity index is 253. The lowest BCUT2D eigenvalue weighted by atomic mass is 10.5. The van der Waals surface area contributed by atoms with Crippen LogP contribution in [0.5, 0.6) is 0 Å². The lowest BCUT2D eigenvalue weighted by Gasteiger charge is -2.01. The third-order valence-electron chi connectivity index (χ3n) is 0.974. The van der Waals surface area contributed by atoms with Gasteiger partial charge < -0.3 is 0 Å². The highest BCUT2D eigenvalue weighted by molar-refractivity contribution is 9.10. The number of nitrogens with zero attached hydrogens (tertiary/aromatic N) is 1. The number of amides is 1. The second kappa shape index (κ2) is 3.92. The summed E-state index contributed by atoms with van der Waals surface area (Å²) in [5.41, 5.74) is 4.85. The fraction of sp³-hybridized carbons (Fsp3) is 0. The molecule has 0 fully saturated rings. The number of nitrogens with one attached hydrogen (secondary N) is 2. The summed E-state index contributed by atoms with van der Waals surface area (Å²) < 4.78 is 0.718. The fourth-order valence-corrected chi connectivity index (χ4v) is 0.925. The molecule has 0 atom stereocenters. The minimum Gasteiger partial charge on any atom is -0.282 e. The summed E-state index contributed by atoms with van der Waals surface area (Å²) in [6.07, 6.45) is 0.544. The third-order valence-corrected chi connectivity index (χ3v) is 1.42. The van der Waals surface area contributed by atoms with Crippen molar-refractivity contribution in [3.63, 3.8) is 0 Å². The summed E-state index contributed by atoms with van der Waals surface area (Å²) in [6.45, 7) is 0. The lowest BCUT2D eigenvalue weighted by Crippen LogP contribution is -2.19. The van der Waals surface area contributed by atoms with Crippen LogP contribution in [0.15, 0.2) is 22.8 Å². The molecule has 1 amide bonds. The van der Waals surface area contributed by atoms with E-state index in [0.29, 0.717) is 12.2 Å². The molecule has 0 aromatic carbocycles. The van der Waals surface area contributed by atoms with Crippen molar-refractivity contribution in [2.45, 2.75) is 0 Å². The number of hydrogen-bond donors (Lipinski definition) is 2. The van der Waals surface area contributed by atoms with Crippen molar-refractivity contribution in [1.29, 1.82) is 0 Å². The highest BCUT2D eigenvalue weighted by atomic mass is 79.9. The van der Waals surface area contributed by atoms with Crippen molar-refractivity contribution in [3.05, 3.63) is 22.8 Å². The van der Waals surface area contributed by atoms with E-state index in [1.165, 1.54) is 0 Å². The summed E-state index contributed by atoms with van der Waals surface area (Å²) in [5.74, 6) is 0.589. The van der Waals surface area contributed by atoms with Crippen LogP contribution in [-0.2, 0) is 4.79 Å². The predicted molar refractivity (Wildman–Crippen MR) is 44.8 cm³/mol. The number of hydrogen-bond acceptors (Lipinski definition) is 3. The zero-order chi connectivity index (χ0) is 8.10. The highest BCUT2D eigenvalue weighted by Crippen LogP contribution is 2.08. The Morgan fingerprint density at radius 1 is 1.55 bits per heavy atom. The SMILES string of the molecule is O=CNNc1cccc(Br)n1. The van der Waals surface area contributed by atoms with Crippen molar-refractivity contribution in [2.75, 3.05) is 5.43 Å². The first-order chi connectivity index (χ1) is 5.33. The second-order valence-corrected chi connectivity index (χ2v) is 2.55. The smallest absolute Gasteiger partial charge is 0.225 e. The van der Waals surface area contributed by atoms with Crippen molar-refractivity contribution < 1.29 is 4.79 Å². The number of aromatic nitrogens is 1. The summed E-state index contributed by atoms with van der Waals surface area (Å²) in [7, 11) is 0. The molecule has 1 aromatic rings. The number of pyridine rings is 1. The van der Waals surface area contributed by atoms with E-state index < -0.39 is 0 Å².